The number of benzene rings is 1. The number of aromatic carboxylic acids is 1. The number of halogens is 2. The second-order valence-electron chi connectivity index (χ2n) is 6.98. The van der Waals surface area contributed by atoms with Crippen molar-refractivity contribution in [2.75, 3.05) is 51.3 Å². The van der Waals surface area contributed by atoms with Crippen LogP contribution in [0.3, 0.4) is 0 Å². The van der Waals surface area contributed by atoms with E-state index < -0.39 is 22.8 Å². The highest BCUT2D eigenvalue weighted by atomic mass is 35.5. The van der Waals surface area contributed by atoms with Crippen LogP contribution in [0, 0.1) is 5.82 Å². The molecule has 4 rings (SSSR count). The lowest BCUT2D eigenvalue weighted by Crippen LogP contribution is -2.45. The van der Waals surface area contributed by atoms with E-state index in [1.165, 1.54) is 6.20 Å². The van der Waals surface area contributed by atoms with Gasteiger partial charge in [-0.25, -0.2) is 9.18 Å². The molecule has 27 heavy (non-hydrogen) atoms. The molecule has 1 N–H and O–H groups in total. The van der Waals surface area contributed by atoms with Crippen LogP contribution in [0.4, 0.5) is 10.1 Å². The number of carbonyl (C=O) groups is 1. The number of fused-ring (bicyclic) bond motifs is 1. The SMILES string of the molecule is CN1CCN(c2c(F)cc3c(=O)c(C(=O)O)cn(C4COC4)c3c2Cl)CC1. The van der Waals surface area contributed by atoms with Gasteiger partial charge in [0, 0.05) is 32.4 Å². The fourth-order valence-corrected chi connectivity index (χ4v) is 3.98. The number of anilines is 1. The number of hydrogen-bond donors (Lipinski definition) is 1. The van der Waals surface area contributed by atoms with Gasteiger partial charge in [0.2, 0.25) is 5.43 Å². The summed E-state index contributed by atoms with van der Waals surface area (Å²) in [6, 6.07) is 0.967. The first kappa shape index (κ1) is 18.2. The number of carboxylic acid groups (broad SMARTS) is 1. The first-order valence-electron chi connectivity index (χ1n) is 8.70. The van der Waals surface area contributed by atoms with Gasteiger partial charge in [0.15, 0.2) is 0 Å². The number of ether oxygens (including phenoxy) is 1. The molecule has 0 saturated carbocycles. The number of aromatic nitrogens is 1. The average Bonchev–Trinajstić information content (AvgIpc) is 2.57. The van der Waals surface area contributed by atoms with Gasteiger partial charge in [-0.3, -0.25) is 4.79 Å². The lowest BCUT2D eigenvalue weighted by Gasteiger charge is -2.35. The zero-order valence-corrected chi connectivity index (χ0v) is 15.5. The van der Waals surface area contributed by atoms with Gasteiger partial charge in [-0.05, 0) is 13.1 Å². The lowest BCUT2D eigenvalue weighted by molar-refractivity contribution is -0.0217. The summed E-state index contributed by atoms with van der Waals surface area (Å²) < 4.78 is 21.8. The summed E-state index contributed by atoms with van der Waals surface area (Å²) in [4.78, 5) is 28.1. The number of rotatable bonds is 3. The minimum absolute atomic E-state index is 0.0258. The summed E-state index contributed by atoms with van der Waals surface area (Å²) in [5, 5.41) is 9.47. The van der Waals surface area contributed by atoms with Crippen molar-refractivity contribution >= 4 is 34.2 Å². The van der Waals surface area contributed by atoms with E-state index in [1.54, 1.807) is 4.57 Å². The summed E-state index contributed by atoms with van der Waals surface area (Å²) in [6.45, 7) is 3.54. The third-order valence-electron chi connectivity index (χ3n) is 5.25. The van der Waals surface area contributed by atoms with Crippen LogP contribution in [0.25, 0.3) is 10.9 Å². The third kappa shape index (κ3) is 2.97. The fourth-order valence-electron chi connectivity index (χ4n) is 3.58. The molecule has 144 valence electrons. The Balaban J connectivity index is 1.97. The van der Waals surface area contributed by atoms with Crippen molar-refractivity contribution in [1.82, 2.24) is 9.47 Å². The molecule has 0 amide bonds. The van der Waals surface area contributed by atoms with Gasteiger partial charge < -0.3 is 24.2 Å². The number of hydrogen-bond acceptors (Lipinski definition) is 5. The predicted octanol–water partition coefficient (Wildman–Crippen LogP) is 1.82. The smallest absolute Gasteiger partial charge is 0.341 e. The number of nitrogens with zero attached hydrogens (tertiary/aromatic N) is 3. The van der Waals surface area contributed by atoms with Crippen molar-refractivity contribution in [3.63, 3.8) is 0 Å². The zero-order chi connectivity index (χ0) is 19.3. The maximum Gasteiger partial charge on any atom is 0.341 e. The molecular weight excluding hydrogens is 377 g/mol. The highest BCUT2D eigenvalue weighted by Gasteiger charge is 2.29. The van der Waals surface area contributed by atoms with Crippen LogP contribution >= 0.6 is 11.6 Å². The van der Waals surface area contributed by atoms with Gasteiger partial charge in [0.05, 0.1) is 40.9 Å². The van der Waals surface area contributed by atoms with Crippen molar-refractivity contribution in [1.29, 1.82) is 0 Å². The molecule has 0 aliphatic carbocycles. The molecule has 0 unspecified atom stereocenters. The van der Waals surface area contributed by atoms with Crippen molar-refractivity contribution in [3.05, 3.63) is 38.9 Å². The Labute approximate surface area is 159 Å². The van der Waals surface area contributed by atoms with Crippen LogP contribution < -0.4 is 10.3 Å². The monoisotopic (exact) mass is 395 g/mol. The van der Waals surface area contributed by atoms with Crippen molar-refractivity contribution < 1.29 is 19.0 Å². The van der Waals surface area contributed by atoms with E-state index in [9.17, 15) is 19.1 Å². The van der Waals surface area contributed by atoms with Crippen molar-refractivity contribution in [2.24, 2.45) is 0 Å². The standard InChI is InChI=1S/C18H19ClFN3O4/c1-21-2-4-22(5-3-21)16-13(20)6-11-15(14(16)19)23(10-8-27-9-10)7-12(17(11)24)18(25)26/h6-7,10H,2-5,8-9H2,1H3,(H,25,26). The molecule has 2 saturated heterocycles. The minimum Gasteiger partial charge on any atom is -0.477 e. The largest absolute Gasteiger partial charge is 0.477 e. The predicted molar refractivity (Wildman–Crippen MR) is 99.7 cm³/mol. The molecule has 0 radical (unpaired) electrons. The Kier molecular flexibility index (Phi) is 4.57. The average molecular weight is 396 g/mol. The number of carboxylic acids is 1. The van der Waals surface area contributed by atoms with Crippen molar-refractivity contribution in [3.8, 4) is 0 Å². The molecule has 7 nitrogen and oxygen atoms in total. The number of piperazine rings is 1. The Morgan fingerprint density at radius 2 is 1.96 bits per heavy atom. The second-order valence-corrected chi connectivity index (χ2v) is 7.36. The third-order valence-corrected chi connectivity index (χ3v) is 5.61. The van der Waals surface area contributed by atoms with Crippen LogP contribution in [0.1, 0.15) is 16.4 Å². The van der Waals surface area contributed by atoms with Gasteiger partial charge >= 0.3 is 5.97 Å². The van der Waals surface area contributed by atoms with Gasteiger partial charge in [0.25, 0.3) is 0 Å². The van der Waals surface area contributed by atoms with E-state index in [1.807, 2.05) is 11.9 Å². The second kappa shape index (κ2) is 6.78. The van der Waals surface area contributed by atoms with Gasteiger partial charge in [-0.15, -0.1) is 0 Å². The Hall–Kier alpha value is -2.16. The summed E-state index contributed by atoms with van der Waals surface area (Å²) in [7, 11) is 2.00. The molecule has 2 aliphatic heterocycles. The molecule has 2 fully saturated rings. The maximum atomic E-state index is 14.9. The normalized spacial score (nSPS) is 18.7. The summed E-state index contributed by atoms with van der Waals surface area (Å²) in [5.74, 6) is -1.97. The molecule has 9 heteroatoms. The molecule has 2 aromatic rings. The number of likely N-dealkylation sites (N-methyl/N-ethyl adjacent to an activating group) is 1. The van der Waals surface area contributed by atoms with Crippen molar-refractivity contribution in [2.45, 2.75) is 6.04 Å². The van der Waals surface area contributed by atoms with Crippen LogP contribution in [0.15, 0.2) is 17.1 Å². The highest BCUT2D eigenvalue weighted by Crippen LogP contribution is 2.37. The highest BCUT2D eigenvalue weighted by molar-refractivity contribution is 6.38. The van der Waals surface area contributed by atoms with E-state index in [0.29, 0.717) is 31.8 Å². The molecule has 1 aromatic carbocycles. The molecule has 1 aromatic heterocycles. The minimum atomic E-state index is -1.35. The van der Waals surface area contributed by atoms with Gasteiger partial charge in [-0.2, -0.15) is 0 Å². The summed E-state index contributed by atoms with van der Waals surface area (Å²) in [6.07, 6.45) is 1.29. The molecule has 2 aliphatic rings. The lowest BCUT2D eigenvalue weighted by atomic mass is 10.1. The van der Waals surface area contributed by atoms with Gasteiger partial charge in [-0.1, -0.05) is 11.6 Å². The first-order chi connectivity index (χ1) is 12.9. The van der Waals surface area contributed by atoms with Crippen LogP contribution in [-0.4, -0.2) is 67.0 Å². The van der Waals surface area contributed by atoms with E-state index in [4.69, 9.17) is 16.3 Å². The summed E-state index contributed by atoms with van der Waals surface area (Å²) >= 11 is 6.61. The molecule has 0 atom stereocenters. The molecule has 0 spiro atoms. The van der Waals surface area contributed by atoms with E-state index in [-0.39, 0.29) is 22.1 Å². The maximum absolute atomic E-state index is 14.9. The van der Waals surface area contributed by atoms with Crippen LogP contribution in [-0.2, 0) is 4.74 Å². The quantitative estimate of drug-likeness (QED) is 0.854. The fraction of sp³-hybridized carbons (Fsp3) is 0.444. The topological polar surface area (TPSA) is 75.0 Å². The van der Waals surface area contributed by atoms with E-state index >= 15 is 0 Å². The molecular formula is C18H19ClFN3O4. The molecule has 0 bridgehead atoms. The van der Waals surface area contributed by atoms with E-state index in [2.05, 4.69) is 4.90 Å². The Morgan fingerprint density at radius 3 is 2.52 bits per heavy atom. The summed E-state index contributed by atoms with van der Waals surface area (Å²) in [5.41, 5.74) is -0.527. The molecule has 3 heterocycles. The number of pyridine rings is 1. The van der Waals surface area contributed by atoms with Gasteiger partial charge in [0.1, 0.15) is 11.4 Å². The van der Waals surface area contributed by atoms with Crippen LogP contribution in [0.5, 0.6) is 0 Å². The van der Waals surface area contributed by atoms with E-state index in [0.717, 1.165) is 19.2 Å². The Morgan fingerprint density at radius 1 is 1.30 bits per heavy atom. The Bertz CT molecular complexity index is 981. The van der Waals surface area contributed by atoms with Crippen LogP contribution in [0.2, 0.25) is 5.02 Å². The first-order valence-corrected chi connectivity index (χ1v) is 9.07. The zero-order valence-electron chi connectivity index (χ0n) is 14.7.